The Hall–Kier alpha value is -1.67. The average molecular weight is 244 g/mol. The van der Waals surface area contributed by atoms with Gasteiger partial charge in [-0.2, -0.15) is 0 Å². The number of aryl methyl sites for hydroxylation is 1. The Bertz CT molecular complexity index is 398. The molecular weight excluding hydrogens is 228 g/mol. The van der Waals surface area contributed by atoms with Crippen LogP contribution in [0, 0.1) is 17.0 Å². The first-order valence-electron chi connectivity index (χ1n) is 5.17. The first-order chi connectivity index (χ1) is 8.02. The SMILES string of the molecule is Cc1nc([N+](=O)[O-])c(N(CCO)CCO)n1C. The van der Waals surface area contributed by atoms with Gasteiger partial charge >= 0.3 is 5.82 Å². The Balaban J connectivity index is 3.19. The second-order valence-electron chi connectivity index (χ2n) is 3.56. The van der Waals surface area contributed by atoms with Crippen LogP contribution in [0.1, 0.15) is 5.82 Å². The molecule has 8 nitrogen and oxygen atoms in total. The van der Waals surface area contributed by atoms with Gasteiger partial charge in [-0.3, -0.25) is 4.57 Å². The van der Waals surface area contributed by atoms with Crippen molar-refractivity contribution in [2.24, 2.45) is 7.05 Å². The van der Waals surface area contributed by atoms with Crippen molar-refractivity contribution in [3.8, 4) is 0 Å². The summed E-state index contributed by atoms with van der Waals surface area (Å²) >= 11 is 0. The molecule has 0 spiro atoms. The van der Waals surface area contributed by atoms with Crippen LogP contribution >= 0.6 is 0 Å². The lowest BCUT2D eigenvalue weighted by Crippen LogP contribution is -2.31. The van der Waals surface area contributed by atoms with Gasteiger partial charge < -0.3 is 25.2 Å². The van der Waals surface area contributed by atoms with Crippen molar-refractivity contribution < 1.29 is 15.1 Å². The van der Waals surface area contributed by atoms with E-state index in [1.165, 1.54) is 4.90 Å². The minimum absolute atomic E-state index is 0.151. The third kappa shape index (κ3) is 2.71. The van der Waals surface area contributed by atoms with Gasteiger partial charge in [0.15, 0.2) is 0 Å². The van der Waals surface area contributed by atoms with Crippen LogP contribution in [-0.4, -0.2) is 51.0 Å². The molecule has 1 aromatic rings. The van der Waals surface area contributed by atoms with Crippen molar-refractivity contribution in [2.45, 2.75) is 6.92 Å². The van der Waals surface area contributed by atoms with Gasteiger partial charge in [-0.25, -0.2) is 0 Å². The van der Waals surface area contributed by atoms with E-state index in [-0.39, 0.29) is 32.1 Å². The molecule has 0 aliphatic rings. The highest BCUT2D eigenvalue weighted by molar-refractivity contribution is 5.55. The van der Waals surface area contributed by atoms with Crippen LogP contribution < -0.4 is 4.90 Å². The van der Waals surface area contributed by atoms with Crippen molar-refractivity contribution in [3.05, 3.63) is 15.9 Å². The standard InChI is InChI=1S/C9H16N4O4/c1-7-10-8(13(16)17)9(11(7)2)12(3-5-14)4-6-15/h14-15H,3-6H2,1-2H3. The number of aliphatic hydroxyl groups is 2. The number of hydrogen-bond donors (Lipinski definition) is 2. The summed E-state index contributed by atoms with van der Waals surface area (Å²) in [5, 5.41) is 28.7. The largest absolute Gasteiger partial charge is 0.406 e. The van der Waals surface area contributed by atoms with Crippen molar-refractivity contribution in [3.63, 3.8) is 0 Å². The normalized spacial score (nSPS) is 10.6. The van der Waals surface area contributed by atoms with E-state index >= 15 is 0 Å². The topological polar surface area (TPSA) is 105 Å². The Morgan fingerprint density at radius 3 is 2.35 bits per heavy atom. The quantitative estimate of drug-likeness (QED) is 0.513. The van der Waals surface area contributed by atoms with E-state index in [0.717, 1.165) is 0 Å². The molecule has 0 bridgehead atoms. The maximum Gasteiger partial charge on any atom is 0.406 e. The average Bonchev–Trinajstić information content (AvgIpc) is 2.56. The molecular formula is C9H16N4O4. The zero-order valence-corrected chi connectivity index (χ0v) is 9.83. The minimum Gasteiger partial charge on any atom is -0.395 e. The Labute approximate surface area is 98.3 Å². The van der Waals surface area contributed by atoms with Gasteiger partial charge in [0.25, 0.3) is 0 Å². The van der Waals surface area contributed by atoms with Crippen LogP contribution in [0.2, 0.25) is 0 Å². The monoisotopic (exact) mass is 244 g/mol. The molecule has 17 heavy (non-hydrogen) atoms. The van der Waals surface area contributed by atoms with Gasteiger partial charge in [0.2, 0.25) is 11.6 Å². The van der Waals surface area contributed by atoms with Gasteiger partial charge in [-0.05, 0) is 9.91 Å². The number of hydrogen-bond acceptors (Lipinski definition) is 6. The third-order valence-corrected chi connectivity index (χ3v) is 2.48. The molecule has 96 valence electrons. The fraction of sp³-hybridized carbons (Fsp3) is 0.667. The summed E-state index contributed by atoms with van der Waals surface area (Å²) in [7, 11) is 1.66. The van der Waals surface area contributed by atoms with Gasteiger partial charge in [-0.15, -0.1) is 0 Å². The van der Waals surface area contributed by atoms with E-state index in [4.69, 9.17) is 10.2 Å². The van der Waals surface area contributed by atoms with Gasteiger partial charge in [0, 0.05) is 27.1 Å². The first kappa shape index (κ1) is 13.4. The molecule has 0 fully saturated rings. The summed E-state index contributed by atoms with van der Waals surface area (Å²) in [6, 6.07) is 0. The number of nitrogens with zero attached hydrogens (tertiary/aromatic N) is 4. The molecule has 0 aliphatic carbocycles. The Morgan fingerprint density at radius 1 is 1.41 bits per heavy atom. The number of rotatable bonds is 6. The fourth-order valence-electron chi connectivity index (χ4n) is 1.62. The molecule has 1 heterocycles. The zero-order valence-electron chi connectivity index (χ0n) is 9.83. The third-order valence-electron chi connectivity index (χ3n) is 2.48. The van der Waals surface area contributed by atoms with E-state index in [1.54, 1.807) is 18.5 Å². The smallest absolute Gasteiger partial charge is 0.395 e. The number of anilines is 1. The maximum absolute atomic E-state index is 10.9. The Morgan fingerprint density at radius 2 is 1.94 bits per heavy atom. The summed E-state index contributed by atoms with van der Waals surface area (Å²) in [6.45, 7) is 1.77. The van der Waals surface area contributed by atoms with Crippen LogP contribution in [0.4, 0.5) is 11.6 Å². The van der Waals surface area contributed by atoms with Crippen molar-refractivity contribution in [1.29, 1.82) is 0 Å². The summed E-state index contributed by atoms with van der Waals surface area (Å²) in [5.74, 6) is 0.551. The second kappa shape index (κ2) is 5.60. The highest BCUT2D eigenvalue weighted by Gasteiger charge is 2.27. The van der Waals surface area contributed by atoms with Crippen molar-refractivity contribution in [1.82, 2.24) is 9.55 Å². The molecule has 0 amide bonds. The summed E-state index contributed by atoms with van der Waals surface area (Å²) < 4.78 is 1.57. The lowest BCUT2D eigenvalue weighted by atomic mass is 10.4. The van der Waals surface area contributed by atoms with Crippen molar-refractivity contribution >= 4 is 11.6 Å². The molecule has 0 saturated carbocycles. The first-order valence-corrected chi connectivity index (χ1v) is 5.17. The predicted molar refractivity (Wildman–Crippen MR) is 61.0 cm³/mol. The summed E-state index contributed by atoms with van der Waals surface area (Å²) in [5.41, 5.74) is 0. The number of aliphatic hydroxyl groups excluding tert-OH is 2. The fourth-order valence-corrected chi connectivity index (χ4v) is 1.62. The highest BCUT2D eigenvalue weighted by atomic mass is 16.6. The van der Waals surface area contributed by atoms with Crippen LogP contribution in [0.3, 0.4) is 0 Å². The lowest BCUT2D eigenvalue weighted by Gasteiger charge is -2.21. The molecule has 0 radical (unpaired) electrons. The second-order valence-corrected chi connectivity index (χ2v) is 3.56. The van der Waals surface area contributed by atoms with E-state index in [0.29, 0.717) is 11.6 Å². The summed E-state index contributed by atoms with van der Waals surface area (Å²) in [4.78, 5) is 15.7. The number of aromatic nitrogens is 2. The van der Waals surface area contributed by atoms with E-state index in [9.17, 15) is 10.1 Å². The Kier molecular flexibility index (Phi) is 4.41. The van der Waals surface area contributed by atoms with E-state index in [1.807, 2.05) is 0 Å². The molecule has 0 atom stereocenters. The molecule has 0 aromatic carbocycles. The maximum atomic E-state index is 10.9. The molecule has 1 rings (SSSR count). The molecule has 8 heteroatoms. The van der Waals surface area contributed by atoms with Gasteiger partial charge in [0.05, 0.1) is 13.2 Å². The molecule has 1 aromatic heterocycles. The molecule has 0 saturated heterocycles. The van der Waals surface area contributed by atoms with E-state index in [2.05, 4.69) is 4.98 Å². The van der Waals surface area contributed by atoms with Crippen LogP contribution in [-0.2, 0) is 7.05 Å². The zero-order chi connectivity index (χ0) is 13.0. The van der Waals surface area contributed by atoms with Gasteiger partial charge in [0.1, 0.15) is 0 Å². The van der Waals surface area contributed by atoms with Crippen LogP contribution in [0.5, 0.6) is 0 Å². The molecule has 0 aliphatic heterocycles. The van der Waals surface area contributed by atoms with Crippen LogP contribution in [0.25, 0.3) is 0 Å². The van der Waals surface area contributed by atoms with Crippen LogP contribution in [0.15, 0.2) is 0 Å². The van der Waals surface area contributed by atoms with Gasteiger partial charge in [-0.1, -0.05) is 0 Å². The summed E-state index contributed by atoms with van der Waals surface area (Å²) in [6.07, 6.45) is 0. The highest BCUT2D eigenvalue weighted by Crippen LogP contribution is 2.27. The minimum atomic E-state index is -0.565. The van der Waals surface area contributed by atoms with Crippen molar-refractivity contribution in [2.75, 3.05) is 31.2 Å². The molecule has 0 unspecified atom stereocenters. The number of imidazole rings is 1. The molecule has 2 N–H and O–H groups in total. The number of nitro groups is 1. The lowest BCUT2D eigenvalue weighted by molar-refractivity contribution is -0.388. The predicted octanol–water partition coefficient (Wildman–Crippen LogP) is -0.572. The van der Waals surface area contributed by atoms with E-state index < -0.39 is 4.92 Å².